The van der Waals surface area contributed by atoms with Crippen LogP contribution in [0.3, 0.4) is 0 Å². The normalized spacial score (nSPS) is 11.7. The molecule has 7 heteroatoms. The highest BCUT2D eigenvalue weighted by Crippen LogP contribution is 2.24. The van der Waals surface area contributed by atoms with Crippen molar-refractivity contribution in [1.29, 1.82) is 0 Å². The predicted octanol–water partition coefficient (Wildman–Crippen LogP) is 4.48. The number of hydrogen-bond acceptors (Lipinski definition) is 3. The average molecular weight is 413 g/mol. The molecule has 0 aliphatic carbocycles. The highest BCUT2D eigenvalue weighted by Gasteiger charge is 2.15. The van der Waals surface area contributed by atoms with Gasteiger partial charge in [-0.25, -0.2) is 0 Å². The number of halogens is 2. The first-order valence-electron chi connectivity index (χ1n) is 9.16. The number of aromatic nitrogens is 1. The molecule has 3 aromatic rings. The van der Waals surface area contributed by atoms with E-state index in [-0.39, 0.29) is 11.8 Å². The zero-order valence-electron chi connectivity index (χ0n) is 15.6. The minimum atomic E-state index is -2.85. The largest absolute Gasteiger partial charge is 0.435 e. The molecule has 1 aromatic heterocycles. The summed E-state index contributed by atoms with van der Waals surface area (Å²) in [5.41, 5.74) is 2.87. The lowest BCUT2D eigenvalue weighted by Gasteiger charge is -2.22. The molecule has 3 rings (SSSR count). The van der Waals surface area contributed by atoms with E-state index in [0.29, 0.717) is 11.7 Å². The van der Waals surface area contributed by atoms with Crippen molar-refractivity contribution in [2.45, 2.75) is 19.1 Å². The summed E-state index contributed by atoms with van der Waals surface area (Å²) < 4.78 is 29.2. The van der Waals surface area contributed by atoms with E-state index in [4.69, 9.17) is 12.2 Å². The number of thiocarbonyl (C=S) groups is 1. The van der Waals surface area contributed by atoms with Gasteiger partial charge < -0.3 is 15.4 Å². The Morgan fingerprint density at radius 3 is 2.28 bits per heavy atom. The SMILES string of the molecule is FC(F)Oc1ccc(C(NC(=S)NCCc2ccccn2)c2ccccc2)cc1. The van der Waals surface area contributed by atoms with Crippen molar-refractivity contribution in [3.05, 3.63) is 95.8 Å². The van der Waals surface area contributed by atoms with Crippen LogP contribution in [-0.4, -0.2) is 23.3 Å². The van der Waals surface area contributed by atoms with Crippen LogP contribution in [-0.2, 0) is 6.42 Å². The van der Waals surface area contributed by atoms with Crippen molar-refractivity contribution in [2.24, 2.45) is 0 Å². The molecule has 150 valence electrons. The molecular weight excluding hydrogens is 392 g/mol. The molecule has 0 amide bonds. The summed E-state index contributed by atoms with van der Waals surface area (Å²) >= 11 is 5.46. The van der Waals surface area contributed by atoms with E-state index in [1.165, 1.54) is 12.1 Å². The summed E-state index contributed by atoms with van der Waals surface area (Å²) in [6.45, 7) is -2.20. The van der Waals surface area contributed by atoms with E-state index in [1.54, 1.807) is 18.3 Å². The maximum atomic E-state index is 12.4. The van der Waals surface area contributed by atoms with Crippen LogP contribution in [0.1, 0.15) is 22.9 Å². The van der Waals surface area contributed by atoms with Gasteiger partial charge in [-0.15, -0.1) is 0 Å². The third-order valence-electron chi connectivity index (χ3n) is 4.24. The summed E-state index contributed by atoms with van der Waals surface area (Å²) in [4.78, 5) is 4.29. The second kappa shape index (κ2) is 10.5. The Kier molecular flexibility index (Phi) is 7.47. The molecule has 4 nitrogen and oxygen atoms in total. The molecule has 1 unspecified atom stereocenters. The van der Waals surface area contributed by atoms with E-state index in [2.05, 4.69) is 20.4 Å². The van der Waals surface area contributed by atoms with Crippen LogP contribution in [0.5, 0.6) is 5.75 Å². The van der Waals surface area contributed by atoms with Gasteiger partial charge in [-0.3, -0.25) is 4.98 Å². The molecule has 0 aliphatic heterocycles. The summed E-state index contributed by atoms with van der Waals surface area (Å²) in [5, 5.41) is 7.00. The van der Waals surface area contributed by atoms with Gasteiger partial charge in [0.1, 0.15) is 5.75 Å². The number of pyridine rings is 1. The van der Waals surface area contributed by atoms with Crippen molar-refractivity contribution < 1.29 is 13.5 Å². The van der Waals surface area contributed by atoms with Crippen molar-refractivity contribution in [3.8, 4) is 5.75 Å². The maximum Gasteiger partial charge on any atom is 0.387 e. The van der Waals surface area contributed by atoms with E-state index in [1.807, 2.05) is 48.5 Å². The number of benzene rings is 2. The number of ether oxygens (including phenoxy) is 1. The number of nitrogens with one attached hydrogen (secondary N) is 2. The van der Waals surface area contributed by atoms with Crippen LogP contribution in [0, 0.1) is 0 Å². The standard InChI is InChI=1S/C22H21F2N3OS/c23-21(24)28-19-11-9-17(10-12-19)20(16-6-2-1-3-7-16)27-22(29)26-15-13-18-8-4-5-14-25-18/h1-12,14,20-21H,13,15H2,(H2,26,27,29). The van der Waals surface area contributed by atoms with E-state index >= 15 is 0 Å². The Morgan fingerprint density at radius 2 is 1.62 bits per heavy atom. The lowest BCUT2D eigenvalue weighted by atomic mass is 9.99. The van der Waals surface area contributed by atoms with Gasteiger partial charge in [0.25, 0.3) is 0 Å². The van der Waals surface area contributed by atoms with Crippen molar-refractivity contribution in [1.82, 2.24) is 15.6 Å². The number of hydrogen-bond donors (Lipinski definition) is 2. The highest BCUT2D eigenvalue weighted by atomic mass is 32.1. The second-order valence-corrected chi connectivity index (χ2v) is 6.67. The molecule has 1 atom stereocenters. The van der Waals surface area contributed by atoms with Gasteiger partial charge in [-0.05, 0) is 47.6 Å². The van der Waals surface area contributed by atoms with Crippen LogP contribution < -0.4 is 15.4 Å². The monoisotopic (exact) mass is 413 g/mol. The fourth-order valence-electron chi connectivity index (χ4n) is 2.88. The summed E-state index contributed by atoms with van der Waals surface area (Å²) in [7, 11) is 0. The quantitative estimate of drug-likeness (QED) is 0.533. The fourth-order valence-corrected chi connectivity index (χ4v) is 3.10. The highest BCUT2D eigenvalue weighted by molar-refractivity contribution is 7.80. The van der Waals surface area contributed by atoms with Crippen LogP contribution >= 0.6 is 12.2 Å². The molecule has 0 saturated carbocycles. The Hall–Kier alpha value is -3.06. The van der Waals surface area contributed by atoms with Gasteiger partial charge in [0.15, 0.2) is 5.11 Å². The smallest absolute Gasteiger partial charge is 0.387 e. The third kappa shape index (κ3) is 6.50. The van der Waals surface area contributed by atoms with Crippen LogP contribution in [0.4, 0.5) is 8.78 Å². The molecule has 0 fully saturated rings. The minimum Gasteiger partial charge on any atom is -0.435 e. The molecular formula is C22H21F2N3OS. The van der Waals surface area contributed by atoms with E-state index < -0.39 is 6.61 Å². The molecule has 29 heavy (non-hydrogen) atoms. The molecule has 0 aliphatic rings. The Balaban J connectivity index is 1.66. The van der Waals surface area contributed by atoms with Gasteiger partial charge in [0.05, 0.1) is 6.04 Å². The molecule has 0 bridgehead atoms. The van der Waals surface area contributed by atoms with E-state index in [9.17, 15) is 8.78 Å². The minimum absolute atomic E-state index is 0.117. The van der Waals surface area contributed by atoms with Gasteiger partial charge in [-0.1, -0.05) is 48.5 Å². The molecule has 0 saturated heterocycles. The third-order valence-corrected chi connectivity index (χ3v) is 4.50. The van der Waals surface area contributed by atoms with Gasteiger partial charge in [-0.2, -0.15) is 8.78 Å². The lowest BCUT2D eigenvalue weighted by molar-refractivity contribution is -0.0498. The molecule has 0 radical (unpaired) electrons. The first-order valence-corrected chi connectivity index (χ1v) is 9.56. The van der Waals surface area contributed by atoms with Crippen molar-refractivity contribution in [2.75, 3.05) is 6.54 Å². The van der Waals surface area contributed by atoms with Crippen LogP contribution in [0.25, 0.3) is 0 Å². The Morgan fingerprint density at radius 1 is 0.931 bits per heavy atom. The van der Waals surface area contributed by atoms with Crippen molar-refractivity contribution in [3.63, 3.8) is 0 Å². The first-order chi connectivity index (χ1) is 14.1. The van der Waals surface area contributed by atoms with Gasteiger partial charge in [0, 0.05) is 24.9 Å². The van der Waals surface area contributed by atoms with Gasteiger partial charge in [0.2, 0.25) is 0 Å². The van der Waals surface area contributed by atoms with Gasteiger partial charge >= 0.3 is 6.61 Å². The Bertz CT molecular complexity index is 893. The van der Waals surface area contributed by atoms with Crippen molar-refractivity contribution >= 4 is 17.3 Å². The zero-order chi connectivity index (χ0) is 20.5. The van der Waals surface area contributed by atoms with Crippen LogP contribution in [0.15, 0.2) is 79.0 Å². The topological polar surface area (TPSA) is 46.2 Å². The lowest BCUT2D eigenvalue weighted by Crippen LogP contribution is -2.39. The molecule has 0 spiro atoms. The second-order valence-electron chi connectivity index (χ2n) is 6.26. The number of nitrogens with zero attached hydrogens (tertiary/aromatic N) is 1. The summed E-state index contributed by atoms with van der Waals surface area (Å²) in [6.07, 6.45) is 2.51. The predicted molar refractivity (Wildman–Crippen MR) is 113 cm³/mol. The molecule has 2 aromatic carbocycles. The number of alkyl halides is 2. The summed E-state index contributed by atoms with van der Waals surface area (Å²) in [5.74, 6) is 0.117. The molecule has 2 N–H and O–H groups in total. The maximum absolute atomic E-state index is 12.4. The zero-order valence-corrected chi connectivity index (χ0v) is 16.4. The van der Waals surface area contributed by atoms with E-state index in [0.717, 1.165) is 23.2 Å². The number of rotatable bonds is 8. The first kappa shape index (κ1) is 20.7. The molecule has 1 heterocycles. The van der Waals surface area contributed by atoms with Crippen LogP contribution in [0.2, 0.25) is 0 Å². The summed E-state index contributed by atoms with van der Waals surface area (Å²) in [6, 6.07) is 21.9. The fraction of sp³-hybridized carbons (Fsp3) is 0.182. The average Bonchev–Trinajstić information content (AvgIpc) is 2.74. The Labute approximate surface area is 173 Å².